The van der Waals surface area contributed by atoms with E-state index in [4.69, 9.17) is 10.5 Å². The minimum absolute atomic E-state index is 0.224. The smallest absolute Gasteiger partial charge is 0.0840 e. The van der Waals surface area contributed by atoms with Gasteiger partial charge in [0.15, 0.2) is 0 Å². The van der Waals surface area contributed by atoms with Crippen molar-refractivity contribution in [2.45, 2.75) is 18.9 Å². The third-order valence-electron chi connectivity index (χ3n) is 2.92. The highest BCUT2D eigenvalue weighted by Gasteiger charge is 2.23. The van der Waals surface area contributed by atoms with Crippen LogP contribution >= 0.6 is 0 Å². The number of ether oxygens (including phenoxy) is 1. The van der Waals surface area contributed by atoms with E-state index in [1.807, 2.05) is 24.3 Å². The lowest BCUT2D eigenvalue weighted by Gasteiger charge is -2.26. The number of anilines is 1. The van der Waals surface area contributed by atoms with E-state index in [1.165, 1.54) is 0 Å². The van der Waals surface area contributed by atoms with Crippen molar-refractivity contribution in [1.82, 2.24) is 0 Å². The highest BCUT2D eigenvalue weighted by molar-refractivity contribution is 5.39. The second-order valence-corrected chi connectivity index (χ2v) is 4.09. The molecule has 1 fully saturated rings. The number of hydrogen-bond acceptors (Lipinski definition) is 3. The number of hydrogen-bond donors (Lipinski definition) is 2. The van der Waals surface area contributed by atoms with E-state index < -0.39 is 6.10 Å². The second kappa shape index (κ2) is 4.64. The lowest BCUT2D eigenvalue weighted by atomic mass is 9.91. The van der Waals surface area contributed by atoms with E-state index >= 15 is 0 Å². The Labute approximate surface area is 89.9 Å². The molecule has 1 aliphatic heterocycles. The largest absolute Gasteiger partial charge is 0.399 e. The molecule has 1 saturated heterocycles. The molecule has 3 heteroatoms. The summed E-state index contributed by atoms with van der Waals surface area (Å²) >= 11 is 0. The van der Waals surface area contributed by atoms with E-state index in [9.17, 15) is 5.11 Å². The molecule has 0 amide bonds. The van der Waals surface area contributed by atoms with Crippen molar-refractivity contribution in [3.8, 4) is 0 Å². The van der Waals surface area contributed by atoms with Crippen LogP contribution in [0.4, 0.5) is 5.69 Å². The standard InChI is InChI=1S/C12H17NO2/c13-11-5-3-9(4-6-11)12(14)10-2-1-7-15-8-10/h3-6,10,12,14H,1-2,7-8,13H2. The molecule has 0 saturated carbocycles. The summed E-state index contributed by atoms with van der Waals surface area (Å²) in [7, 11) is 0. The number of nitrogens with two attached hydrogens (primary N) is 1. The van der Waals surface area contributed by atoms with Gasteiger partial charge < -0.3 is 15.6 Å². The topological polar surface area (TPSA) is 55.5 Å². The molecular weight excluding hydrogens is 190 g/mol. The third kappa shape index (κ3) is 2.49. The van der Waals surface area contributed by atoms with Crippen molar-refractivity contribution in [2.75, 3.05) is 18.9 Å². The fourth-order valence-corrected chi connectivity index (χ4v) is 1.98. The zero-order valence-electron chi connectivity index (χ0n) is 8.73. The third-order valence-corrected chi connectivity index (χ3v) is 2.92. The zero-order chi connectivity index (χ0) is 10.7. The second-order valence-electron chi connectivity index (χ2n) is 4.09. The van der Waals surface area contributed by atoms with Crippen LogP contribution in [0, 0.1) is 5.92 Å². The summed E-state index contributed by atoms with van der Waals surface area (Å²) in [6.45, 7) is 1.48. The average Bonchev–Trinajstić information content (AvgIpc) is 2.30. The van der Waals surface area contributed by atoms with Crippen LogP contribution < -0.4 is 5.73 Å². The molecule has 1 aromatic carbocycles. The van der Waals surface area contributed by atoms with Crippen molar-refractivity contribution >= 4 is 5.69 Å². The highest BCUT2D eigenvalue weighted by Crippen LogP contribution is 2.28. The van der Waals surface area contributed by atoms with Crippen LogP contribution in [0.3, 0.4) is 0 Å². The van der Waals surface area contributed by atoms with Crippen molar-refractivity contribution in [3.63, 3.8) is 0 Å². The van der Waals surface area contributed by atoms with Crippen LogP contribution in [-0.2, 0) is 4.74 Å². The number of rotatable bonds is 2. The molecule has 0 radical (unpaired) electrons. The summed E-state index contributed by atoms with van der Waals surface area (Å²) in [6.07, 6.45) is 1.65. The van der Waals surface area contributed by atoms with Crippen LogP contribution in [0.1, 0.15) is 24.5 Å². The Morgan fingerprint density at radius 3 is 2.67 bits per heavy atom. The molecule has 2 atom stereocenters. The lowest BCUT2D eigenvalue weighted by Crippen LogP contribution is -2.23. The highest BCUT2D eigenvalue weighted by atomic mass is 16.5. The normalized spacial score (nSPS) is 23.7. The molecule has 3 nitrogen and oxygen atoms in total. The van der Waals surface area contributed by atoms with Gasteiger partial charge in [0, 0.05) is 18.2 Å². The van der Waals surface area contributed by atoms with E-state index in [1.54, 1.807) is 0 Å². The summed E-state index contributed by atoms with van der Waals surface area (Å²) in [5.41, 5.74) is 7.26. The summed E-state index contributed by atoms with van der Waals surface area (Å²) in [6, 6.07) is 7.41. The van der Waals surface area contributed by atoms with E-state index in [2.05, 4.69) is 0 Å². The van der Waals surface area contributed by atoms with Crippen molar-refractivity contribution in [3.05, 3.63) is 29.8 Å². The van der Waals surface area contributed by atoms with Crippen molar-refractivity contribution in [1.29, 1.82) is 0 Å². The number of aliphatic hydroxyl groups is 1. The molecule has 82 valence electrons. The molecule has 1 heterocycles. The molecule has 0 spiro atoms. The first-order valence-electron chi connectivity index (χ1n) is 5.38. The van der Waals surface area contributed by atoms with Gasteiger partial charge in [-0.3, -0.25) is 0 Å². The predicted octanol–water partition coefficient (Wildman–Crippen LogP) is 1.73. The van der Waals surface area contributed by atoms with Gasteiger partial charge in [0.1, 0.15) is 0 Å². The Morgan fingerprint density at radius 1 is 1.33 bits per heavy atom. The zero-order valence-corrected chi connectivity index (χ0v) is 8.73. The van der Waals surface area contributed by atoms with Crippen LogP contribution in [0.5, 0.6) is 0 Å². The monoisotopic (exact) mass is 207 g/mol. The Bertz CT molecular complexity index is 304. The van der Waals surface area contributed by atoms with Crippen LogP contribution in [0.2, 0.25) is 0 Å². The van der Waals surface area contributed by atoms with Gasteiger partial charge in [-0.05, 0) is 30.5 Å². The maximum Gasteiger partial charge on any atom is 0.0840 e. The molecule has 0 bridgehead atoms. The Hall–Kier alpha value is -1.06. The molecule has 15 heavy (non-hydrogen) atoms. The van der Waals surface area contributed by atoms with Gasteiger partial charge in [0.05, 0.1) is 12.7 Å². The predicted molar refractivity (Wildman–Crippen MR) is 59.4 cm³/mol. The number of nitrogen functional groups attached to an aromatic ring is 1. The quantitative estimate of drug-likeness (QED) is 0.726. The van der Waals surface area contributed by atoms with Gasteiger partial charge in [-0.2, -0.15) is 0 Å². The molecule has 0 aromatic heterocycles. The minimum atomic E-state index is -0.425. The summed E-state index contributed by atoms with van der Waals surface area (Å²) in [4.78, 5) is 0. The molecule has 1 aromatic rings. The Balaban J connectivity index is 2.05. The SMILES string of the molecule is Nc1ccc(C(O)C2CCCOC2)cc1. The maximum absolute atomic E-state index is 10.1. The molecule has 0 aliphatic carbocycles. The van der Waals surface area contributed by atoms with Gasteiger partial charge in [0.25, 0.3) is 0 Å². The van der Waals surface area contributed by atoms with Gasteiger partial charge in [-0.15, -0.1) is 0 Å². The fourth-order valence-electron chi connectivity index (χ4n) is 1.98. The average molecular weight is 207 g/mol. The maximum atomic E-state index is 10.1. The summed E-state index contributed by atoms with van der Waals surface area (Å²) in [5, 5.41) is 10.1. The molecule has 2 unspecified atom stereocenters. The Kier molecular flexibility index (Phi) is 3.23. The lowest BCUT2D eigenvalue weighted by molar-refractivity contribution is -0.00995. The van der Waals surface area contributed by atoms with Crippen LogP contribution in [0.25, 0.3) is 0 Å². The van der Waals surface area contributed by atoms with Gasteiger partial charge in [0.2, 0.25) is 0 Å². The fraction of sp³-hybridized carbons (Fsp3) is 0.500. The Morgan fingerprint density at radius 2 is 2.07 bits per heavy atom. The van der Waals surface area contributed by atoms with Gasteiger partial charge in [-0.1, -0.05) is 12.1 Å². The first-order valence-corrected chi connectivity index (χ1v) is 5.38. The van der Waals surface area contributed by atoms with Gasteiger partial charge >= 0.3 is 0 Å². The summed E-state index contributed by atoms with van der Waals surface area (Å²) < 4.78 is 5.36. The molecule has 2 rings (SSSR count). The first kappa shape index (κ1) is 10.5. The van der Waals surface area contributed by atoms with Crippen molar-refractivity contribution < 1.29 is 9.84 Å². The minimum Gasteiger partial charge on any atom is -0.399 e. The number of aliphatic hydroxyl groups excluding tert-OH is 1. The van der Waals surface area contributed by atoms with E-state index in [0.29, 0.717) is 6.61 Å². The summed E-state index contributed by atoms with van der Waals surface area (Å²) in [5.74, 6) is 0.224. The van der Waals surface area contributed by atoms with E-state index in [-0.39, 0.29) is 5.92 Å². The van der Waals surface area contributed by atoms with Crippen molar-refractivity contribution in [2.24, 2.45) is 5.92 Å². The van der Waals surface area contributed by atoms with Gasteiger partial charge in [-0.25, -0.2) is 0 Å². The number of benzene rings is 1. The molecule has 1 aliphatic rings. The molecular formula is C12H17NO2. The van der Waals surface area contributed by atoms with Crippen LogP contribution in [-0.4, -0.2) is 18.3 Å². The van der Waals surface area contributed by atoms with Crippen LogP contribution in [0.15, 0.2) is 24.3 Å². The first-order chi connectivity index (χ1) is 7.27. The van der Waals surface area contributed by atoms with E-state index in [0.717, 1.165) is 30.7 Å². The molecule has 3 N–H and O–H groups in total.